The summed E-state index contributed by atoms with van der Waals surface area (Å²) in [6.45, 7) is 7.87. The maximum Gasteiger partial charge on any atom is 0.303 e. The number of Topliss-reactive ketones (excluding diaryl/α,β-unsaturated/α-hetero) is 1. The Hall–Kier alpha value is -1.39. The molecule has 0 aromatic rings. The SMILES string of the molecule is CC(=O)OC(C)C1CCC2C3CCC(=O)C(C)(CCC(=O)O)C3CCC12C. The highest BCUT2D eigenvalue weighted by atomic mass is 16.5. The molecule has 3 fully saturated rings. The number of hydrogen-bond acceptors (Lipinski definition) is 4. The van der Waals surface area contributed by atoms with Crippen LogP contribution < -0.4 is 0 Å². The predicted octanol–water partition coefficient (Wildman–Crippen LogP) is 4.23. The monoisotopic (exact) mass is 378 g/mol. The smallest absolute Gasteiger partial charge is 0.303 e. The van der Waals surface area contributed by atoms with Gasteiger partial charge in [0.2, 0.25) is 0 Å². The van der Waals surface area contributed by atoms with E-state index in [0.29, 0.717) is 36.5 Å². The molecule has 3 aliphatic rings. The van der Waals surface area contributed by atoms with E-state index in [-0.39, 0.29) is 29.7 Å². The fourth-order valence-corrected chi connectivity index (χ4v) is 7.12. The molecule has 3 saturated carbocycles. The predicted molar refractivity (Wildman–Crippen MR) is 101 cm³/mol. The van der Waals surface area contributed by atoms with Crippen molar-refractivity contribution in [1.29, 1.82) is 0 Å². The van der Waals surface area contributed by atoms with Gasteiger partial charge in [-0.05, 0) is 68.6 Å². The Morgan fingerprint density at radius 1 is 1.19 bits per heavy atom. The average molecular weight is 379 g/mol. The topological polar surface area (TPSA) is 80.7 Å². The van der Waals surface area contributed by atoms with E-state index >= 15 is 0 Å². The van der Waals surface area contributed by atoms with E-state index in [2.05, 4.69) is 6.92 Å². The standard InChI is InChI=1S/C22H34O5/c1-13(27-14(2)23)16-6-7-17-15-5-8-19(24)22(4,12-10-20(25)26)18(15)9-11-21(16,17)3/h13,15-18H,5-12H2,1-4H3,(H,25,26). The number of carboxylic acids is 1. The number of ketones is 1. The van der Waals surface area contributed by atoms with Gasteiger partial charge in [-0.1, -0.05) is 13.8 Å². The first-order chi connectivity index (χ1) is 12.6. The molecule has 0 aromatic carbocycles. The second-order valence-corrected chi connectivity index (χ2v) is 9.69. The van der Waals surface area contributed by atoms with Crippen molar-refractivity contribution in [2.45, 2.75) is 85.2 Å². The van der Waals surface area contributed by atoms with Crippen molar-refractivity contribution in [2.75, 3.05) is 0 Å². The number of carboxylic acid groups (broad SMARTS) is 1. The number of rotatable bonds is 5. The molecular formula is C22H34O5. The number of hydrogen-bond donors (Lipinski definition) is 1. The summed E-state index contributed by atoms with van der Waals surface area (Å²) < 4.78 is 5.55. The molecule has 0 spiro atoms. The minimum absolute atomic E-state index is 0.0690. The minimum atomic E-state index is -0.817. The maximum absolute atomic E-state index is 12.8. The van der Waals surface area contributed by atoms with Crippen molar-refractivity contribution in [3.05, 3.63) is 0 Å². The van der Waals surface area contributed by atoms with Gasteiger partial charge >= 0.3 is 11.9 Å². The van der Waals surface area contributed by atoms with Gasteiger partial charge in [-0.25, -0.2) is 0 Å². The lowest BCUT2D eigenvalue weighted by molar-refractivity contribution is -0.157. The maximum atomic E-state index is 12.8. The highest BCUT2D eigenvalue weighted by Crippen LogP contribution is 2.65. The summed E-state index contributed by atoms with van der Waals surface area (Å²) in [4.78, 5) is 35.4. The highest BCUT2D eigenvalue weighted by Gasteiger charge is 2.60. The summed E-state index contributed by atoms with van der Waals surface area (Å²) in [5.74, 6) is 0.910. The molecule has 0 bridgehead atoms. The quantitative estimate of drug-likeness (QED) is 0.724. The molecule has 3 rings (SSSR count). The van der Waals surface area contributed by atoms with Crippen molar-refractivity contribution in [3.63, 3.8) is 0 Å². The summed E-state index contributed by atoms with van der Waals surface area (Å²) in [5.41, 5.74) is -0.355. The molecular weight excluding hydrogens is 344 g/mol. The molecule has 7 atom stereocenters. The third-order valence-corrected chi connectivity index (χ3v) is 8.45. The van der Waals surface area contributed by atoms with Crippen LogP contribution in [-0.4, -0.2) is 28.9 Å². The lowest BCUT2D eigenvalue weighted by atomic mass is 9.48. The number of esters is 1. The fourth-order valence-electron chi connectivity index (χ4n) is 7.12. The second-order valence-electron chi connectivity index (χ2n) is 9.69. The normalized spacial score (nSPS) is 42.1. The number of carbonyl (C=O) groups excluding carboxylic acids is 2. The van der Waals surface area contributed by atoms with Crippen LogP contribution in [0.2, 0.25) is 0 Å². The molecule has 7 unspecified atom stereocenters. The highest BCUT2D eigenvalue weighted by molar-refractivity contribution is 5.86. The van der Waals surface area contributed by atoms with Crippen LogP contribution in [0.3, 0.4) is 0 Å². The molecule has 152 valence electrons. The van der Waals surface area contributed by atoms with E-state index in [1.165, 1.54) is 6.92 Å². The lowest BCUT2D eigenvalue weighted by Crippen LogP contribution is -2.53. The van der Waals surface area contributed by atoms with Crippen LogP contribution in [0.5, 0.6) is 0 Å². The first-order valence-electron chi connectivity index (χ1n) is 10.5. The van der Waals surface area contributed by atoms with Gasteiger partial charge in [-0.15, -0.1) is 0 Å². The Bertz CT molecular complexity index is 628. The largest absolute Gasteiger partial charge is 0.481 e. The van der Waals surface area contributed by atoms with Crippen LogP contribution in [-0.2, 0) is 19.1 Å². The summed E-state index contributed by atoms with van der Waals surface area (Å²) in [7, 11) is 0. The molecule has 0 heterocycles. The molecule has 0 aromatic heterocycles. The van der Waals surface area contributed by atoms with E-state index in [9.17, 15) is 14.4 Å². The molecule has 0 aliphatic heterocycles. The molecule has 3 aliphatic carbocycles. The fraction of sp³-hybridized carbons (Fsp3) is 0.864. The third-order valence-electron chi connectivity index (χ3n) is 8.45. The Morgan fingerprint density at radius 2 is 1.89 bits per heavy atom. The van der Waals surface area contributed by atoms with Crippen LogP contribution >= 0.6 is 0 Å². The van der Waals surface area contributed by atoms with Crippen LogP contribution in [0.15, 0.2) is 0 Å². The first-order valence-corrected chi connectivity index (χ1v) is 10.5. The molecule has 5 nitrogen and oxygen atoms in total. The molecule has 1 N–H and O–H groups in total. The molecule has 0 saturated heterocycles. The van der Waals surface area contributed by atoms with Crippen molar-refractivity contribution in [3.8, 4) is 0 Å². The van der Waals surface area contributed by atoms with Crippen LogP contribution in [0.25, 0.3) is 0 Å². The minimum Gasteiger partial charge on any atom is -0.481 e. The molecule has 27 heavy (non-hydrogen) atoms. The molecule has 0 amide bonds. The first kappa shape index (κ1) is 20.3. The van der Waals surface area contributed by atoms with Gasteiger partial charge < -0.3 is 9.84 Å². The number of carbonyl (C=O) groups is 3. The van der Waals surface area contributed by atoms with Crippen molar-refractivity contribution < 1.29 is 24.2 Å². The van der Waals surface area contributed by atoms with E-state index in [1.54, 1.807) is 0 Å². The van der Waals surface area contributed by atoms with Crippen molar-refractivity contribution in [1.82, 2.24) is 0 Å². The lowest BCUT2D eigenvalue weighted by Gasteiger charge is -2.56. The van der Waals surface area contributed by atoms with Gasteiger partial charge in [-0.2, -0.15) is 0 Å². The van der Waals surface area contributed by atoms with Gasteiger partial charge in [0.15, 0.2) is 0 Å². The van der Waals surface area contributed by atoms with Crippen LogP contribution in [0.1, 0.15) is 79.1 Å². The van der Waals surface area contributed by atoms with Crippen LogP contribution in [0, 0.1) is 34.5 Å². The van der Waals surface area contributed by atoms with Crippen molar-refractivity contribution >= 4 is 17.7 Å². The van der Waals surface area contributed by atoms with Gasteiger partial charge in [0, 0.05) is 31.1 Å². The summed E-state index contributed by atoms with van der Waals surface area (Å²) in [6, 6.07) is 0. The summed E-state index contributed by atoms with van der Waals surface area (Å²) in [5, 5.41) is 9.15. The molecule has 5 heteroatoms. The van der Waals surface area contributed by atoms with E-state index < -0.39 is 11.4 Å². The third kappa shape index (κ3) is 3.42. The summed E-state index contributed by atoms with van der Waals surface area (Å²) in [6.07, 6.45) is 6.16. The van der Waals surface area contributed by atoms with Crippen molar-refractivity contribution in [2.24, 2.45) is 34.5 Å². The second kappa shape index (κ2) is 7.21. The van der Waals surface area contributed by atoms with Gasteiger partial charge in [0.05, 0.1) is 0 Å². The van der Waals surface area contributed by atoms with E-state index in [4.69, 9.17) is 9.84 Å². The Kier molecular flexibility index (Phi) is 5.44. The van der Waals surface area contributed by atoms with E-state index in [0.717, 1.165) is 32.1 Å². The number of ether oxygens (including phenoxy) is 1. The number of aliphatic carboxylic acids is 1. The van der Waals surface area contributed by atoms with Gasteiger partial charge in [0.25, 0.3) is 0 Å². The van der Waals surface area contributed by atoms with E-state index in [1.807, 2.05) is 13.8 Å². The van der Waals surface area contributed by atoms with Gasteiger partial charge in [0.1, 0.15) is 11.9 Å². The zero-order valence-electron chi connectivity index (χ0n) is 17.1. The number of fused-ring (bicyclic) bond motifs is 3. The van der Waals surface area contributed by atoms with Crippen LogP contribution in [0.4, 0.5) is 0 Å². The summed E-state index contributed by atoms with van der Waals surface area (Å²) >= 11 is 0. The zero-order chi connectivity index (χ0) is 20.0. The average Bonchev–Trinajstić information content (AvgIpc) is 2.93. The molecule has 0 radical (unpaired) electrons. The van der Waals surface area contributed by atoms with Gasteiger partial charge in [-0.3, -0.25) is 14.4 Å². The Balaban J connectivity index is 1.82. The Labute approximate surface area is 162 Å². The Morgan fingerprint density at radius 3 is 2.52 bits per heavy atom. The zero-order valence-corrected chi connectivity index (χ0v) is 17.1.